The second kappa shape index (κ2) is 5.24. The Morgan fingerprint density at radius 2 is 1.85 bits per heavy atom. The molecule has 0 saturated carbocycles. The molecule has 1 aromatic carbocycles. The molecule has 5 nitrogen and oxygen atoms in total. The van der Waals surface area contributed by atoms with Crippen LogP contribution in [-0.2, 0) is 10.0 Å². The van der Waals surface area contributed by atoms with E-state index < -0.39 is 15.8 Å². The molecule has 0 radical (unpaired) electrons. The highest BCUT2D eigenvalue weighted by molar-refractivity contribution is 7.92. The third-order valence-corrected chi connectivity index (χ3v) is 4.27. The lowest BCUT2D eigenvalue weighted by Crippen LogP contribution is -2.13. The van der Waals surface area contributed by atoms with E-state index in [1.165, 1.54) is 30.5 Å². The molecule has 0 saturated heterocycles. The molecule has 0 amide bonds. The zero-order valence-corrected chi connectivity index (χ0v) is 12.3. The number of rotatable bonds is 4. The first kappa shape index (κ1) is 14.5. The van der Waals surface area contributed by atoms with Crippen molar-refractivity contribution in [3.05, 3.63) is 42.0 Å². The van der Waals surface area contributed by atoms with Crippen LogP contribution in [-0.4, -0.2) is 18.2 Å². The quantitative estimate of drug-likeness (QED) is 0.943. The largest absolute Gasteiger partial charge is 0.280 e. The number of benzene rings is 1. The van der Waals surface area contributed by atoms with Gasteiger partial charge in [0.2, 0.25) is 0 Å². The fraction of sp³-hybridized carbons (Fsp3) is 0.308. The third-order valence-electron chi connectivity index (χ3n) is 2.79. The van der Waals surface area contributed by atoms with Crippen LogP contribution in [0.2, 0.25) is 0 Å². The van der Waals surface area contributed by atoms with E-state index >= 15 is 0 Å². The molecule has 2 rings (SSSR count). The molecular weight excluding hydrogens is 281 g/mol. The number of sulfonamides is 1. The van der Waals surface area contributed by atoms with Crippen LogP contribution in [0.1, 0.15) is 25.6 Å². The van der Waals surface area contributed by atoms with Crippen molar-refractivity contribution in [3.63, 3.8) is 0 Å². The molecule has 2 aromatic rings. The Hall–Kier alpha value is -1.89. The number of hydrogen-bond acceptors (Lipinski definition) is 3. The summed E-state index contributed by atoms with van der Waals surface area (Å²) >= 11 is 0. The van der Waals surface area contributed by atoms with Gasteiger partial charge in [0.15, 0.2) is 0 Å². The lowest BCUT2D eigenvalue weighted by molar-refractivity contribution is 0.528. The number of aromatic nitrogens is 2. The summed E-state index contributed by atoms with van der Waals surface area (Å²) in [6, 6.07) is 5.21. The molecule has 0 unspecified atom stereocenters. The van der Waals surface area contributed by atoms with Gasteiger partial charge in [-0.05, 0) is 45.0 Å². The summed E-state index contributed by atoms with van der Waals surface area (Å²) in [5.41, 5.74) is 0.733. The Labute approximate surface area is 117 Å². The number of aryl methyl sites for hydroxylation is 1. The topological polar surface area (TPSA) is 64.0 Å². The molecule has 1 N–H and O–H groups in total. The van der Waals surface area contributed by atoms with Crippen molar-refractivity contribution in [1.82, 2.24) is 9.78 Å². The zero-order chi connectivity index (χ0) is 14.9. The Morgan fingerprint density at radius 1 is 1.25 bits per heavy atom. The molecule has 0 bridgehead atoms. The molecule has 1 heterocycles. The Balaban J connectivity index is 2.33. The normalized spacial score (nSPS) is 11.8. The summed E-state index contributed by atoms with van der Waals surface area (Å²) in [7, 11) is -3.73. The fourth-order valence-electron chi connectivity index (χ4n) is 1.72. The minimum atomic E-state index is -3.73. The third kappa shape index (κ3) is 2.98. The molecule has 7 heteroatoms. The van der Waals surface area contributed by atoms with E-state index in [2.05, 4.69) is 9.82 Å². The second-order valence-electron chi connectivity index (χ2n) is 4.76. The van der Waals surface area contributed by atoms with Crippen LogP contribution in [0.25, 0.3) is 0 Å². The highest BCUT2D eigenvalue weighted by Crippen LogP contribution is 2.20. The van der Waals surface area contributed by atoms with E-state index in [9.17, 15) is 12.8 Å². The zero-order valence-electron chi connectivity index (χ0n) is 11.5. The average molecular weight is 297 g/mol. The number of anilines is 1. The van der Waals surface area contributed by atoms with Crippen molar-refractivity contribution in [1.29, 1.82) is 0 Å². The standard InChI is InChI=1S/C13H16FN3O2S/c1-9(2)17-8-13(10(3)15-17)20(18,19)16-12-6-4-11(14)5-7-12/h4-9,16H,1-3H3. The van der Waals surface area contributed by atoms with Crippen molar-refractivity contribution in [2.45, 2.75) is 31.7 Å². The first-order valence-electron chi connectivity index (χ1n) is 6.14. The minimum Gasteiger partial charge on any atom is -0.280 e. The van der Waals surface area contributed by atoms with Crippen LogP contribution in [0.3, 0.4) is 0 Å². The van der Waals surface area contributed by atoms with Crippen LogP contribution < -0.4 is 4.72 Å². The molecule has 0 aliphatic heterocycles. The molecule has 108 valence electrons. The molecule has 0 atom stereocenters. The van der Waals surface area contributed by atoms with Crippen molar-refractivity contribution in [3.8, 4) is 0 Å². The van der Waals surface area contributed by atoms with Crippen molar-refractivity contribution < 1.29 is 12.8 Å². The van der Waals surface area contributed by atoms with Crippen LogP contribution in [0.4, 0.5) is 10.1 Å². The molecule has 0 fully saturated rings. The molecule has 0 spiro atoms. The monoisotopic (exact) mass is 297 g/mol. The fourth-order valence-corrected chi connectivity index (χ4v) is 2.95. The summed E-state index contributed by atoms with van der Waals surface area (Å²) < 4.78 is 41.4. The smallest absolute Gasteiger partial charge is 0.265 e. The maximum Gasteiger partial charge on any atom is 0.265 e. The second-order valence-corrected chi connectivity index (χ2v) is 6.42. The van der Waals surface area contributed by atoms with E-state index in [-0.39, 0.29) is 10.9 Å². The van der Waals surface area contributed by atoms with Crippen molar-refractivity contribution in [2.75, 3.05) is 4.72 Å². The molecule has 20 heavy (non-hydrogen) atoms. The Morgan fingerprint density at radius 3 is 2.35 bits per heavy atom. The van der Waals surface area contributed by atoms with Crippen LogP contribution in [0.15, 0.2) is 35.4 Å². The van der Waals surface area contributed by atoms with E-state index in [0.29, 0.717) is 11.4 Å². The van der Waals surface area contributed by atoms with Gasteiger partial charge in [0.25, 0.3) is 10.0 Å². The van der Waals surface area contributed by atoms with Gasteiger partial charge in [0.05, 0.1) is 5.69 Å². The van der Waals surface area contributed by atoms with E-state index in [0.717, 1.165) is 0 Å². The molecule has 0 aliphatic rings. The summed E-state index contributed by atoms with van der Waals surface area (Å²) in [4.78, 5) is 0.121. The van der Waals surface area contributed by atoms with Gasteiger partial charge in [-0.3, -0.25) is 9.40 Å². The van der Waals surface area contributed by atoms with Crippen LogP contribution >= 0.6 is 0 Å². The maximum atomic E-state index is 12.8. The number of nitrogens with zero attached hydrogens (tertiary/aromatic N) is 2. The van der Waals surface area contributed by atoms with E-state index in [4.69, 9.17) is 0 Å². The van der Waals surface area contributed by atoms with Gasteiger partial charge in [-0.25, -0.2) is 12.8 Å². The maximum absolute atomic E-state index is 12.8. The Bertz CT molecular complexity index is 706. The molecule has 0 aliphatic carbocycles. The number of nitrogens with one attached hydrogen (secondary N) is 1. The number of halogens is 1. The van der Waals surface area contributed by atoms with Gasteiger partial charge in [-0.1, -0.05) is 0 Å². The predicted molar refractivity (Wildman–Crippen MR) is 74.6 cm³/mol. The van der Waals surface area contributed by atoms with Gasteiger partial charge in [-0.15, -0.1) is 0 Å². The highest BCUT2D eigenvalue weighted by Gasteiger charge is 2.21. The van der Waals surface area contributed by atoms with Gasteiger partial charge in [0.1, 0.15) is 10.7 Å². The number of hydrogen-bond donors (Lipinski definition) is 1. The van der Waals surface area contributed by atoms with Crippen LogP contribution in [0, 0.1) is 12.7 Å². The molecule has 1 aromatic heterocycles. The van der Waals surface area contributed by atoms with Gasteiger partial charge in [-0.2, -0.15) is 5.10 Å². The average Bonchev–Trinajstić information content (AvgIpc) is 2.75. The SMILES string of the molecule is Cc1nn(C(C)C)cc1S(=O)(=O)Nc1ccc(F)cc1. The Kier molecular flexibility index (Phi) is 3.80. The van der Waals surface area contributed by atoms with Crippen molar-refractivity contribution >= 4 is 15.7 Å². The highest BCUT2D eigenvalue weighted by atomic mass is 32.2. The first-order valence-corrected chi connectivity index (χ1v) is 7.62. The van der Waals surface area contributed by atoms with E-state index in [1.54, 1.807) is 11.6 Å². The lowest BCUT2D eigenvalue weighted by Gasteiger charge is -2.07. The minimum absolute atomic E-state index is 0.0727. The van der Waals surface area contributed by atoms with Gasteiger partial charge < -0.3 is 0 Å². The van der Waals surface area contributed by atoms with Crippen molar-refractivity contribution in [2.24, 2.45) is 0 Å². The van der Waals surface area contributed by atoms with Crippen LogP contribution in [0.5, 0.6) is 0 Å². The first-order chi connectivity index (χ1) is 9.29. The van der Waals surface area contributed by atoms with E-state index in [1.807, 2.05) is 13.8 Å². The lowest BCUT2D eigenvalue weighted by atomic mass is 10.3. The summed E-state index contributed by atoms with van der Waals surface area (Å²) in [5, 5.41) is 4.17. The molecular formula is C13H16FN3O2S. The summed E-state index contributed by atoms with van der Waals surface area (Å²) in [6.45, 7) is 5.46. The van der Waals surface area contributed by atoms with Gasteiger partial charge in [0, 0.05) is 17.9 Å². The van der Waals surface area contributed by atoms with Gasteiger partial charge >= 0.3 is 0 Å². The predicted octanol–water partition coefficient (Wildman–Crippen LogP) is 2.71. The summed E-state index contributed by atoms with van der Waals surface area (Å²) in [5.74, 6) is -0.420. The summed E-state index contributed by atoms with van der Waals surface area (Å²) in [6.07, 6.45) is 1.49.